The zero-order chi connectivity index (χ0) is 27.5. The molecule has 0 saturated heterocycles. The van der Waals surface area contributed by atoms with Crippen LogP contribution in [0.2, 0.25) is 0 Å². The van der Waals surface area contributed by atoms with E-state index in [1.807, 2.05) is 85.9 Å². The topological polar surface area (TPSA) is 80.8 Å². The molecule has 0 atom stereocenters. The summed E-state index contributed by atoms with van der Waals surface area (Å²) in [7, 11) is 1.65. The summed E-state index contributed by atoms with van der Waals surface area (Å²) < 4.78 is 17.2. The van der Waals surface area contributed by atoms with Gasteiger partial charge in [-0.15, -0.1) is 0 Å². The number of rotatable bonds is 14. The molecule has 0 aliphatic heterocycles. The van der Waals surface area contributed by atoms with Gasteiger partial charge in [-0.1, -0.05) is 38.1 Å². The second-order valence-corrected chi connectivity index (χ2v) is 8.77. The van der Waals surface area contributed by atoms with Gasteiger partial charge in [0.25, 0.3) is 0 Å². The molecule has 0 fully saturated rings. The standard InChI is InChI=1S/C31H37N5O3/c1-5-36(6-2)19-20-39-25-17-15-24(16-18-25)33-31-32-22-27(23-11-10-12-26(21-23)38-7-3)30(35-31)34-28-13-8-9-14-29(28)37-4/h8-18,21-22H,5-7,19-20H2,1-4H3,(H2,32,33,34,35). The Kier molecular flexibility index (Phi) is 9.97. The maximum absolute atomic E-state index is 5.91. The van der Waals surface area contributed by atoms with E-state index in [-0.39, 0.29) is 0 Å². The van der Waals surface area contributed by atoms with Crippen LogP contribution in [-0.4, -0.2) is 54.8 Å². The summed E-state index contributed by atoms with van der Waals surface area (Å²) in [6, 6.07) is 23.5. The summed E-state index contributed by atoms with van der Waals surface area (Å²) in [5.74, 6) is 3.45. The molecule has 0 aliphatic carbocycles. The third kappa shape index (κ3) is 7.61. The first-order valence-electron chi connectivity index (χ1n) is 13.4. The molecule has 8 heteroatoms. The van der Waals surface area contributed by atoms with Crippen molar-refractivity contribution in [2.45, 2.75) is 20.8 Å². The Morgan fingerprint density at radius 1 is 0.821 bits per heavy atom. The van der Waals surface area contributed by atoms with Gasteiger partial charge in [0.2, 0.25) is 5.95 Å². The first kappa shape index (κ1) is 27.7. The first-order chi connectivity index (χ1) is 19.1. The molecule has 0 saturated carbocycles. The molecular formula is C31H37N5O3. The van der Waals surface area contributed by atoms with Crippen molar-refractivity contribution in [3.8, 4) is 28.4 Å². The van der Waals surface area contributed by atoms with Gasteiger partial charge in [-0.25, -0.2) is 4.98 Å². The van der Waals surface area contributed by atoms with E-state index in [2.05, 4.69) is 34.4 Å². The van der Waals surface area contributed by atoms with Crippen LogP contribution in [0.3, 0.4) is 0 Å². The number of anilines is 4. The molecule has 1 heterocycles. The van der Waals surface area contributed by atoms with Gasteiger partial charge in [0.15, 0.2) is 0 Å². The van der Waals surface area contributed by atoms with Crippen LogP contribution < -0.4 is 24.8 Å². The first-order valence-corrected chi connectivity index (χ1v) is 13.4. The van der Waals surface area contributed by atoms with Crippen molar-refractivity contribution in [3.63, 3.8) is 0 Å². The third-order valence-corrected chi connectivity index (χ3v) is 6.29. The van der Waals surface area contributed by atoms with Crippen molar-refractivity contribution in [2.75, 3.05) is 50.6 Å². The predicted octanol–water partition coefficient (Wildman–Crippen LogP) is 6.76. The molecular weight excluding hydrogens is 490 g/mol. The van der Waals surface area contributed by atoms with Crippen LogP contribution in [0.1, 0.15) is 20.8 Å². The van der Waals surface area contributed by atoms with E-state index in [0.29, 0.717) is 25.0 Å². The molecule has 2 N–H and O–H groups in total. The fourth-order valence-corrected chi connectivity index (χ4v) is 4.14. The van der Waals surface area contributed by atoms with Crippen LogP contribution in [0.4, 0.5) is 23.1 Å². The van der Waals surface area contributed by atoms with Gasteiger partial charge >= 0.3 is 0 Å². The number of nitrogens with zero attached hydrogens (tertiary/aromatic N) is 3. The summed E-state index contributed by atoms with van der Waals surface area (Å²) in [6.07, 6.45) is 1.81. The average Bonchev–Trinajstić information content (AvgIpc) is 2.97. The normalized spacial score (nSPS) is 10.8. The number of hydrogen-bond donors (Lipinski definition) is 2. The molecule has 3 aromatic carbocycles. The Labute approximate surface area is 231 Å². The highest BCUT2D eigenvalue weighted by molar-refractivity contribution is 5.80. The number of benzene rings is 3. The van der Waals surface area contributed by atoms with E-state index in [4.69, 9.17) is 19.2 Å². The van der Waals surface area contributed by atoms with Crippen LogP contribution in [0.25, 0.3) is 11.1 Å². The number of nitrogens with one attached hydrogen (secondary N) is 2. The van der Waals surface area contributed by atoms with Crippen LogP contribution in [-0.2, 0) is 0 Å². The minimum absolute atomic E-state index is 0.465. The molecule has 4 aromatic rings. The van der Waals surface area contributed by atoms with Crippen molar-refractivity contribution >= 4 is 23.1 Å². The largest absolute Gasteiger partial charge is 0.495 e. The smallest absolute Gasteiger partial charge is 0.229 e. The number of aromatic nitrogens is 2. The minimum atomic E-state index is 0.465. The molecule has 0 unspecified atom stereocenters. The number of ether oxygens (including phenoxy) is 3. The van der Waals surface area contributed by atoms with Crippen molar-refractivity contribution in [1.29, 1.82) is 0 Å². The quantitative estimate of drug-likeness (QED) is 0.186. The minimum Gasteiger partial charge on any atom is -0.495 e. The molecule has 0 amide bonds. The zero-order valence-corrected chi connectivity index (χ0v) is 23.1. The van der Waals surface area contributed by atoms with Gasteiger partial charge in [-0.05, 0) is 74.1 Å². The van der Waals surface area contributed by atoms with Crippen molar-refractivity contribution in [1.82, 2.24) is 14.9 Å². The maximum Gasteiger partial charge on any atom is 0.229 e. The molecule has 0 radical (unpaired) electrons. The van der Waals surface area contributed by atoms with Gasteiger partial charge in [0, 0.05) is 24.0 Å². The van der Waals surface area contributed by atoms with Crippen LogP contribution in [0.5, 0.6) is 17.2 Å². The number of likely N-dealkylation sites (N-methyl/N-ethyl adjacent to an activating group) is 1. The highest BCUT2D eigenvalue weighted by Gasteiger charge is 2.13. The molecule has 0 aliphatic rings. The maximum atomic E-state index is 5.91. The summed E-state index contributed by atoms with van der Waals surface area (Å²) in [4.78, 5) is 11.8. The van der Waals surface area contributed by atoms with Gasteiger partial charge in [0.05, 0.1) is 19.4 Å². The third-order valence-electron chi connectivity index (χ3n) is 6.29. The SMILES string of the molecule is CCOc1cccc(-c2cnc(Nc3ccc(OCCN(CC)CC)cc3)nc2Nc2ccccc2OC)c1. The molecule has 8 nitrogen and oxygen atoms in total. The number of hydrogen-bond acceptors (Lipinski definition) is 8. The second kappa shape index (κ2) is 14.0. The molecule has 1 aromatic heterocycles. The van der Waals surface area contributed by atoms with Crippen molar-refractivity contribution < 1.29 is 14.2 Å². The zero-order valence-electron chi connectivity index (χ0n) is 23.1. The van der Waals surface area contributed by atoms with Crippen molar-refractivity contribution in [3.05, 3.63) is 79.0 Å². The Balaban J connectivity index is 1.56. The van der Waals surface area contributed by atoms with Gasteiger partial charge in [-0.2, -0.15) is 4.98 Å². The van der Waals surface area contributed by atoms with E-state index in [0.717, 1.165) is 59.4 Å². The summed E-state index contributed by atoms with van der Waals surface area (Å²) in [5, 5.41) is 6.75. The lowest BCUT2D eigenvalue weighted by molar-refractivity contribution is 0.223. The summed E-state index contributed by atoms with van der Waals surface area (Å²) in [5.41, 5.74) is 3.44. The highest BCUT2D eigenvalue weighted by atomic mass is 16.5. The summed E-state index contributed by atoms with van der Waals surface area (Å²) >= 11 is 0. The van der Waals surface area contributed by atoms with Gasteiger partial charge < -0.3 is 29.7 Å². The van der Waals surface area contributed by atoms with E-state index in [1.165, 1.54) is 0 Å². The fourth-order valence-electron chi connectivity index (χ4n) is 4.14. The van der Waals surface area contributed by atoms with E-state index < -0.39 is 0 Å². The van der Waals surface area contributed by atoms with Gasteiger partial charge in [-0.3, -0.25) is 0 Å². The average molecular weight is 528 g/mol. The van der Waals surface area contributed by atoms with Crippen LogP contribution in [0.15, 0.2) is 79.0 Å². The number of para-hydroxylation sites is 2. The lowest BCUT2D eigenvalue weighted by Gasteiger charge is -2.18. The highest BCUT2D eigenvalue weighted by Crippen LogP contribution is 2.34. The Hall–Kier alpha value is -4.30. The lowest BCUT2D eigenvalue weighted by Crippen LogP contribution is -2.27. The predicted molar refractivity (Wildman–Crippen MR) is 158 cm³/mol. The van der Waals surface area contributed by atoms with Crippen molar-refractivity contribution in [2.24, 2.45) is 0 Å². The Bertz CT molecular complexity index is 1330. The lowest BCUT2D eigenvalue weighted by atomic mass is 10.1. The molecule has 204 valence electrons. The molecule has 39 heavy (non-hydrogen) atoms. The van der Waals surface area contributed by atoms with E-state index in [9.17, 15) is 0 Å². The summed E-state index contributed by atoms with van der Waals surface area (Å²) in [6.45, 7) is 10.5. The molecule has 0 bridgehead atoms. The van der Waals surface area contributed by atoms with Crippen LogP contribution in [0, 0.1) is 0 Å². The van der Waals surface area contributed by atoms with E-state index in [1.54, 1.807) is 7.11 Å². The Morgan fingerprint density at radius 3 is 2.36 bits per heavy atom. The monoisotopic (exact) mass is 527 g/mol. The Morgan fingerprint density at radius 2 is 1.62 bits per heavy atom. The van der Waals surface area contributed by atoms with E-state index >= 15 is 0 Å². The second-order valence-electron chi connectivity index (χ2n) is 8.77. The molecule has 4 rings (SSSR count). The molecule has 0 spiro atoms. The fraction of sp³-hybridized carbons (Fsp3) is 0.290. The van der Waals surface area contributed by atoms with Crippen LogP contribution >= 0.6 is 0 Å². The number of methoxy groups -OCH3 is 1. The van der Waals surface area contributed by atoms with Gasteiger partial charge in [0.1, 0.15) is 29.7 Å².